The molecule has 5 heteroatoms. The predicted molar refractivity (Wildman–Crippen MR) is 87.2 cm³/mol. The zero-order valence-corrected chi connectivity index (χ0v) is 13.3. The van der Waals surface area contributed by atoms with Gasteiger partial charge < -0.3 is 19.5 Å². The van der Waals surface area contributed by atoms with E-state index in [2.05, 4.69) is 16.8 Å². The number of rotatable bonds is 4. The first-order chi connectivity index (χ1) is 10.7. The van der Waals surface area contributed by atoms with Gasteiger partial charge in [0.1, 0.15) is 5.75 Å². The van der Waals surface area contributed by atoms with Crippen LogP contribution in [0.15, 0.2) is 24.4 Å². The number of para-hydroxylation sites is 1. The van der Waals surface area contributed by atoms with Crippen molar-refractivity contribution in [1.82, 2.24) is 14.8 Å². The number of nitrogens with zero attached hydrogens (tertiary/aromatic N) is 2. The number of hydrogen-bond donors (Lipinski definition) is 1. The number of likely N-dealkylation sites (N-methyl/N-ethyl adjacent to an activating group) is 1. The SMILES string of the molecule is CCN1CCN(C(=O)Cc2c[nH]c3c(OC)cccc23)CC1. The Bertz CT molecular complexity index is 657. The first-order valence-corrected chi connectivity index (χ1v) is 7.86. The van der Waals surface area contributed by atoms with Crippen LogP contribution in [0.2, 0.25) is 0 Å². The fraction of sp³-hybridized carbons (Fsp3) is 0.471. The number of fused-ring (bicyclic) bond motifs is 1. The molecule has 1 fully saturated rings. The van der Waals surface area contributed by atoms with E-state index in [0.717, 1.165) is 54.9 Å². The van der Waals surface area contributed by atoms with Gasteiger partial charge in [-0.3, -0.25) is 4.79 Å². The van der Waals surface area contributed by atoms with E-state index in [-0.39, 0.29) is 5.91 Å². The van der Waals surface area contributed by atoms with Crippen molar-refractivity contribution >= 4 is 16.8 Å². The lowest BCUT2D eigenvalue weighted by atomic mass is 10.1. The van der Waals surface area contributed by atoms with Crippen LogP contribution >= 0.6 is 0 Å². The Morgan fingerprint density at radius 2 is 2.05 bits per heavy atom. The van der Waals surface area contributed by atoms with Gasteiger partial charge in [0.15, 0.2) is 0 Å². The molecule has 0 saturated carbocycles. The molecule has 1 aliphatic rings. The number of ether oxygens (including phenoxy) is 1. The van der Waals surface area contributed by atoms with E-state index in [1.54, 1.807) is 7.11 Å². The topological polar surface area (TPSA) is 48.6 Å². The molecule has 1 aromatic carbocycles. The van der Waals surface area contributed by atoms with Gasteiger partial charge in [0.05, 0.1) is 19.0 Å². The molecule has 118 valence electrons. The number of benzene rings is 1. The maximum absolute atomic E-state index is 12.5. The van der Waals surface area contributed by atoms with Crippen molar-refractivity contribution in [3.8, 4) is 5.75 Å². The molecule has 0 atom stereocenters. The molecule has 1 saturated heterocycles. The van der Waals surface area contributed by atoms with Gasteiger partial charge >= 0.3 is 0 Å². The highest BCUT2D eigenvalue weighted by atomic mass is 16.5. The van der Waals surface area contributed by atoms with Crippen LogP contribution in [0.4, 0.5) is 0 Å². The molecule has 3 rings (SSSR count). The monoisotopic (exact) mass is 301 g/mol. The molecule has 5 nitrogen and oxygen atoms in total. The average molecular weight is 301 g/mol. The van der Waals surface area contributed by atoms with E-state index in [9.17, 15) is 4.79 Å². The molecule has 22 heavy (non-hydrogen) atoms. The summed E-state index contributed by atoms with van der Waals surface area (Å²) in [6, 6.07) is 5.92. The molecule has 1 aliphatic heterocycles. The summed E-state index contributed by atoms with van der Waals surface area (Å²) in [4.78, 5) is 20.1. The second-order valence-electron chi connectivity index (χ2n) is 5.69. The Morgan fingerprint density at radius 1 is 1.27 bits per heavy atom. The largest absolute Gasteiger partial charge is 0.495 e. The van der Waals surface area contributed by atoms with Crippen LogP contribution in [0, 0.1) is 0 Å². The van der Waals surface area contributed by atoms with Crippen molar-refractivity contribution < 1.29 is 9.53 Å². The Balaban J connectivity index is 1.72. The molecular weight excluding hydrogens is 278 g/mol. The van der Waals surface area contributed by atoms with E-state index in [0.29, 0.717) is 6.42 Å². The van der Waals surface area contributed by atoms with Crippen LogP contribution in [-0.4, -0.2) is 60.5 Å². The molecular formula is C17H23N3O2. The zero-order chi connectivity index (χ0) is 15.5. The number of methoxy groups -OCH3 is 1. The molecule has 0 unspecified atom stereocenters. The van der Waals surface area contributed by atoms with E-state index in [1.165, 1.54) is 0 Å². The van der Waals surface area contributed by atoms with Crippen molar-refractivity contribution in [2.75, 3.05) is 39.8 Å². The minimum absolute atomic E-state index is 0.208. The van der Waals surface area contributed by atoms with Crippen LogP contribution in [0.5, 0.6) is 5.75 Å². The van der Waals surface area contributed by atoms with Crippen molar-refractivity contribution in [2.45, 2.75) is 13.3 Å². The Labute approximate surface area is 130 Å². The Hall–Kier alpha value is -2.01. The third-order valence-electron chi connectivity index (χ3n) is 4.50. The normalized spacial score (nSPS) is 16.2. The molecule has 1 aromatic heterocycles. The molecule has 1 N–H and O–H groups in total. The van der Waals surface area contributed by atoms with E-state index < -0.39 is 0 Å². The summed E-state index contributed by atoms with van der Waals surface area (Å²) < 4.78 is 5.35. The average Bonchev–Trinajstić information content (AvgIpc) is 2.98. The quantitative estimate of drug-likeness (QED) is 0.938. The van der Waals surface area contributed by atoms with Gasteiger partial charge in [-0.05, 0) is 18.2 Å². The third kappa shape index (κ3) is 2.81. The first kappa shape index (κ1) is 14.9. The molecule has 0 bridgehead atoms. The van der Waals surface area contributed by atoms with Gasteiger partial charge in [-0.25, -0.2) is 0 Å². The summed E-state index contributed by atoms with van der Waals surface area (Å²) in [5, 5.41) is 1.07. The van der Waals surface area contributed by atoms with Crippen molar-refractivity contribution in [3.63, 3.8) is 0 Å². The molecule has 0 spiro atoms. The number of piperazine rings is 1. The number of hydrogen-bond acceptors (Lipinski definition) is 3. The van der Waals surface area contributed by atoms with Crippen LogP contribution in [0.3, 0.4) is 0 Å². The van der Waals surface area contributed by atoms with E-state index in [4.69, 9.17) is 4.74 Å². The first-order valence-electron chi connectivity index (χ1n) is 7.86. The molecule has 0 aliphatic carbocycles. The zero-order valence-electron chi connectivity index (χ0n) is 13.3. The van der Waals surface area contributed by atoms with E-state index >= 15 is 0 Å². The Morgan fingerprint density at radius 3 is 2.73 bits per heavy atom. The van der Waals surface area contributed by atoms with Gasteiger partial charge in [0.25, 0.3) is 0 Å². The van der Waals surface area contributed by atoms with Crippen molar-refractivity contribution in [2.24, 2.45) is 0 Å². The van der Waals surface area contributed by atoms with Crippen LogP contribution in [-0.2, 0) is 11.2 Å². The smallest absolute Gasteiger partial charge is 0.227 e. The van der Waals surface area contributed by atoms with Crippen molar-refractivity contribution in [3.05, 3.63) is 30.0 Å². The van der Waals surface area contributed by atoms with Crippen LogP contribution in [0.1, 0.15) is 12.5 Å². The summed E-state index contributed by atoms with van der Waals surface area (Å²) in [5.74, 6) is 1.02. The molecule has 1 amide bonds. The summed E-state index contributed by atoms with van der Waals surface area (Å²) >= 11 is 0. The second kappa shape index (κ2) is 6.40. The lowest BCUT2D eigenvalue weighted by Crippen LogP contribution is -2.48. The summed E-state index contributed by atoms with van der Waals surface area (Å²) in [5.41, 5.74) is 2.00. The summed E-state index contributed by atoms with van der Waals surface area (Å²) in [6.07, 6.45) is 2.37. The molecule has 2 heterocycles. The number of carbonyl (C=O) groups is 1. The van der Waals surface area contributed by atoms with Gasteiger partial charge in [-0.2, -0.15) is 0 Å². The summed E-state index contributed by atoms with van der Waals surface area (Å²) in [7, 11) is 1.66. The van der Waals surface area contributed by atoms with Gasteiger partial charge in [0, 0.05) is 37.8 Å². The highest BCUT2D eigenvalue weighted by Crippen LogP contribution is 2.27. The van der Waals surface area contributed by atoms with Crippen LogP contribution in [0.25, 0.3) is 10.9 Å². The minimum atomic E-state index is 0.208. The van der Waals surface area contributed by atoms with Crippen molar-refractivity contribution in [1.29, 1.82) is 0 Å². The maximum Gasteiger partial charge on any atom is 0.227 e. The maximum atomic E-state index is 12.5. The molecule has 0 radical (unpaired) electrons. The molecule has 2 aromatic rings. The van der Waals surface area contributed by atoms with Gasteiger partial charge in [0.2, 0.25) is 5.91 Å². The number of amides is 1. The Kier molecular flexibility index (Phi) is 4.34. The highest BCUT2D eigenvalue weighted by molar-refractivity contribution is 5.92. The van der Waals surface area contributed by atoms with Gasteiger partial charge in [-0.15, -0.1) is 0 Å². The summed E-state index contributed by atoms with van der Waals surface area (Å²) in [6.45, 7) is 6.84. The lowest BCUT2D eigenvalue weighted by Gasteiger charge is -2.34. The van der Waals surface area contributed by atoms with E-state index in [1.807, 2.05) is 29.3 Å². The predicted octanol–water partition coefficient (Wildman–Crippen LogP) is 1.88. The standard InChI is InChI=1S/C17H23N3O2/c1-3-19-7-9-20(10-8-19)16(21)11-13-12-18-17-14(13)5-4-6-15(17)22-2/h4-6,12,18H,3,7-11H2,1-2H3. The number of nitrogens with one attached hydrogen (secondary N) is 1. The number of aromatic nitrogens is 1. The van der Waals surface area contributed by atoms with Gasteiger partial charge in [-0.1, -0.05) is 19.1 Å². The minimum Gasteiger partial charge on any atom is -0.495 e. The fourth-order valence-electron chi connectivity index (χ4n) is 3.09. The highest BCUT2D eigenvalue weighted by Gasteiger charge is 2.21. The number of carbonyl (C=O) groups excluding carboxylic acids is 1. The second-order valence-corrected chi connectivity index (χ2v) is 5.69. The third-order valence-corrected chi connectivity index (χ3v) is 4.50. The fourth-order valence-corrected chi connectivity index (χ4v) is 3.09. The number of H-pyrrole nitrogens is 1. The van der Waals surface area contributed by atoms with Crippen LogP contribution < -0.4 is 4.74 Å². The lowest BCUT2D eigenvalue weighted by molar-refractivity contribution is -0.132. The number of aromatic amines is 1.